The largest absolute Gasteiger partial charge is 0.497 e. The first kappa shape index (κ1) is 27.5. The summed E-state index contributed by atoms with van der Waals surface area (Å²) >= 11 is 0. The second-order valence-electron chi connectivity index (χ2n) is 8.80. The number of amides is 3. The van der Waals surface area contributed by atoms with Gasteiger partial charge in [-0.1, -0.05) is 56.3 Å². The maximum Gasteiger partial charge on any atom is 0.330 e. The van der Waals surface area contributed by atoms with E-state index >= 15 is 0 Å². The minimum absolute atomic E-state index is 0.164. The van der Waals surface area contributed by atoms with Gasteiger partial charge in [-0.3, -0.25) is 9.52 Å². The first-order chi connectivity index (χ1) is 17.6. The highest BCUT2D eigenvalue weighted by Gasteiger charge is 2.27. The van der Waals surface area contributed by atoms with Gasteiger partial charge in [-0.2, -0.15) is 8.42 Å². The third-order valence-electron chi connectivity index (χ3n) is 5.73. The number of carbonyl (C=O) groups is 2. The molecule has 3 rings (SSSR count). The van der Waals surface area contributed by atoms with Crippen LogP contribution in [0.15, 0.2) is 78.9 Å². The summed E-state index contributed by atoms with van der Waals surface area (Å²) in [5.41, 5.74) is 2.75. The van der Waals surface area contributed by atoms with Gasteiger partial charge in [0.15, 0.2) is 0 Å². The van der Waals surface area contributed by atoms with Gasteiger partial charge < -0.3 is 15.0 Å². The Morgan fingerprint density at radius 3 is 2.11 bits per heavy atom. The SMILES string of the molecule is COc1ccc(N(C)C(=O)[C@H](Cc2ccccc2)NC(=O)NS(=O)(=O)Nc2ccc(C(C)C)cc2)cc1. The van der Waals surface area contributed by atoms with E-state index in [9.17, 15) is 18.0 Å². The van der Waals surface area contributed by atoms with Crippen LogP contribution in [0.5, 0.6) is 5.75 Å². The molecule has 0 aliphatic rings. The van der Waals surface area contributed by atoms with Gasteiger partial charge in [0, 0.05) is 19.2 Å². The van der Waals surface area contributed by atoms with Crippen LogP contribution in [0.25, 0.3) is 0 Å². The van der Waals surface area contributed by atoms with Gasteiger partial charge in [0.2, 0.25) is 5.91 Å². The van der Waals surface area contributed by atoms with E-state index in [4.69, 9.17) is 4.74 Å². The quantitative estimate of drug-likeness (QED) is 0.370. The maximum atomic E-state index is 13.4. The van der Waals surface area contributed by atoms with Crippen molar-refractivity contribution >= 4 is 33.5 Å². The van der Waals surface area contributed by atoms with Crippen LogP contribution < -0.4 is 24.4 Å². The van der Waals surface area contributed by atoms with Crippen LogP contribution in [0.3, 0.4) is 0 Å². The maximum absolute atomic E-state index is 13.4. The molecular weight excluding hydrogens is 492 g/mol. The van der Waals surface area contributed by atoms with Crippen LogP contribution in [0, 0.1) is 0 Å². The van der Waals surface area contributed by atoms with Crippen LogP contribution in [0.1, 0.15) is 30.9 Å². The molecule has 3 amide bonds. The molecule has 3 aromatic rings. The molecule has 0 fully saturated rings. The average Bonchev–Trinajstić information content (AvgIpc) is 2.87. The zero-order valence-electron chi connectivity index (χ0n) is 21.3. The molecule has 0 saturated carbocycles. The number of hydrogen-bond donors (Lipinski definition) is 3. The molecule has 9 nitrogen and oxygen atoms in total. The lowest BCUT2D eigenvalue weighted by Gasteiger charge is -2.25. The van der Waals surface area contributed by atoms with E-state index in [0.29, 0.717) is 23.0 Å². The molecule has 0 heterocycles. The Kier molecular flexibility index (Phi) is 9.13. The van der Waals surface area contributed by atoms with Gasteiger partial charge in [0.25, 0.3) is 0 Å². The molecule has 3 N–H and O–H groups in total. The van der Waals surface area contributed by atoms with Crippen molar-refractivity contribution in [1.82, 2.24) is 10.0 Å². The number of urea groups is 1. The number of hydrogen-bond acceptors (Lipinski definition) is 5. The van der Waals surface area contributed by atoms with Crippen molar-refractivity contribution in [2.75, 3.05) is 23.8 Å². The number of anilines is 2. The zero-order valence-corrected chi connectivity index (χ0v) is 22.1. The molecule has 0 aromatic heterocycles. The Labute approximate surface area is 218 Å². The third-order valence-corrected chi connectivity index (χ3v) is 6.69. The number of methoxy groups -OCH3 is 1. The monoisotopic (exact) mass is 524 g/mol. The highest BCUT2D eigenvalue weighted by molar-refractivity contribution is 7.91. The Morgan fingerprint density at radius 2 is 1.54 bits per heavy atom. The number of carbonyl (C=O) groups excluding carboxylic acids is 2. The van der Waals surface area contributed by atoms with Gasteiger partial charge in [0.05, 0.1) is 12.8 Å². The van der Waals surface area contributed by atoms with Crippen LogP contribution in [-0.2, 0) is 21.4 Å². The molecule has 10 heteroatoms. The fraction of sp³-hybridized carbons (Fsp3) is 0.259. The highest BCUT2D eigenvalue weighted by Crippen LogP contribution is 2.20. The lowest BCUT2D eigenvalue weighted by atomic mass is 10.0. The summed E-state index contributed by atoms with van der Waals surface area (Å²) in [6.07, 6.45) is 0.164. The Balaban J connectivity index is 1.73. The predicted molar refractivity (Wildman–Crippen MR) is 145 cm³/mol. The average molecular weight is 525 g/mol. The van der Waals surface area contributed by atoms with Gasteiger partial charge in [0.1, 0.15) is 11.8 Å². The van der Waals surface area contributed by atoms with Crippen molar-refractivity contribution in [3.05, 3.63) is 90.0 Å². The summed E-state index contributed by atoms with van der Waals surface area (Å²) in [7, 11) is -1.11. The molecule has 0 radical (unpaired) electrons. The first-order valence-electron chi connectivity index (χ1n) is 11.7. The molecule has 0 saturated heterocycles. The predicted octanol–water partition coefficient (Wildman–Crippen LogP) is 4.05. The molecule has 0 unspecified atom stereocenters. The number of ether oxygens (including phenoxy) is 1. The van der Waals surface area contributed by atoms with Crippen LogP contribution >= 0.6 is 0 Å². The highest BCUT2D eigenvalue weighted by atomic mass is 32.2. The van der Waals surface area contributed by atoms with Crippen molar-refractivity contribution in [3.8, 4) is 5.75 Å². The topological polar surface area (TPSA) is 117 Å². The summed E-state index contributed by atoms with van der Waals surface area (Å²) in [6, 6.07) is 20.8. The van der Waals surface area contributed by atoms with Crippen molar-refractivity contribution in [3.63, 3.8) is 0 Å². The van der Waals surface area contributed by atoms with Crippen molar-refractivity contribution in [2.24, 2.45) is 0 Å². The van der Waals surface area contributed by atoms with Crippen LogP contribution in [0.2, 0.25) is 0 Å². The van der Waals surface area contributed by atoms with Gasteiger partial charge >= 0.3 is 16.2 Å². The summed E-state index contributed by atoms with van der Waals surface area (Å²) < 4.78 is 34.5. The van der Waals surface area contributed by atoms with Gasteiger partial charge in [-0.05, 0) is 53.4 Å². The van der Waals surface area contributed by atoms with Gasteiger partial charge in [-0.25, -0.2) is 9.52 Å². The van der Waals surface area contributed by atoms with E-state index in [0.717, 1.165) is 11.1 Å². The van der Waals surface area contributed by atoms with E-state index in [1.165, 1.54) is 4.90 Å². The zero-order chi connectivity index (χ0) is 27.0. The number of benzene rings is 3. The second kappa shape index (κ2) is 12.3. The molecule has 0 aliphatic heterocycles. The number of nitrogens with one attached hydrogen (secondary N) is 3. The van der Waals surface area contributed by atoms with E-state index in [1.54, 1.807) is 50.6 Å². The summed E-state index contributed by atoms with van der Waals surface area (Å²) in [5.74, 6) is 0.517. The minimum atomic E-state index is -4.24. The van der Waals surface area contributed by atoms with Crippen molar-refractivity contribution in [2.45, 2.75) is 32.2 Å². The molecule has 3 aromatic carbocycles. The lowest BCUT2D eigenvalue weighted by Crippen LogP contribution is -2.53. The molecule has 1 atom stereocenters. The minimum Gasteiger partial charge on any atom is -0.497 e. The normalized spacial score (nSPS) is 11.9. The number of likely N-dealkylation sites (N-methyl/N-ethyl adjacent to an activating group) is 1. The summed E-state index contributed by atoms with van der Waals surface area (Å²) in [6.45, 7) is 4.06. The lowest BCUT2D eigenvalue weighted by molar-refractivity contribution is -0.120. The molecular formula is C27H32N4O5S. The summed E-state index contributed by atoms with van der Waals surface area (Å²) in [4.78, 5) is 27.5. The Hall–Kier alpha value is -4.05. The van der Waals surface area contributed by atoms with E-state index < -0.39 is 28.2 Å². The third kappa shape index (κ3) is 7.97. The molecule has 0 bridgehead atoms. The fourth-order valence-corrected chi connectivity index (χ4v) is 4.44. The Bertz CT molecular complexity index is 1290. The van der Waals surface area contributed by atoms with Gasteiger partial charge in [-0.15, -0.1) is 0 Å². The standard InChI is InChI=1S/C27H32N4O5S/c1-19(2)21-10-12-22(13-11-21)29-37(34,35)30-27(33)28-25(18-20-8-6-5-7-9-20)26(32)31(3)23-14-16-24(36-4)17-15-23/h5-17,19,25,29H,18H2,1-4H3,(H2,28,30,33)/t25-/m0/s1. The molecule has 0 spiro atoms. The smallest absolute Gasteiger partial charge is 0.330 e. The van der Waals surface area contributed by atoms with Crippen molar-refractivity contribution in [1.29, 1.82) is 0 Å². The first-order valence-corrected chi connectivity index (χ1v) is 13.2. The van der Waals surface area contributed by atoms with E-state index in [-0.39, 0.29) is 6.42 Å². The summed E-state index contributed by atoms with van der Waals surface area (Å²) in [5, 5.41) is 2.52. The molecule has 196 valence electrons. The Morgan fingerprint density at radius 1 is 0.919 bits per heavy atom. The van der Waals surface area contributed by atoms with Crippen LogP contribution in [-0.4, -0.2) is 40.6 Å². The number of rotatable bonds is 10. The second-order valence-corrected chi connectivity index (χ2v) is 10.2. The fourth-order valence-electron chi connectivity index (χ4n) is 3.64. The van der Waals surface area contributed by atoms with Crippen molar-refractivity contribution < 1.29 is 22.7 Å². The molecule has 37 heavy (non-hydrogen) atoms. The van der Waals surface area contributed by atoms with E-state index in [1.807, 2.05) is 61.0 Å². The number of nitrogens with zero attached hydrogens (tertiary/aromatic N) is 1. The van der Waals surface area contributed by atoms with Crippen LogP contribution in [0.4, 0.5) is 16.2 Å². The molecule has 0 aliphatic carbocycles. The van der Waals surface area contributed by atoms with E-state index in [2.05, 4.69) is 10.0 Å².